The molecule has 0 bridgehead atoms. The van der Waals surface area contributed by atoms with Gasteiger partial charge in [-0.25, -0.2) is 4.79 Å². The Bertz CT molecular complexity index is 2640. The van der Waals surface area contributed by atoms with E-state index in [-0.39, 0.29) is 23.9 Å². The van der Waals surface area contributed by atoms with E-state index in [9.17, 15) is 24.4 Å². The zero-order valence-electron chi connectivity index (χ0n) is 36.2. The monoisotopic (exact) mass is 840 g/mol. The van der Waals surface area contributed by atoms with E-state index in [1.165, 1.54) is 19.0 Å². The van der Waals surface area contributed by atoms with Gasteiger partial charge in [-0.1, -0.05) is 6.07 Å². The number of anilines is 2. The number of para-hydroxylation sites is 1. The molecule has 4 aliphatic rings. The number of nitrogens with one attached hydrogen (secondary N) is 2. The van der Waals surface area contributed by atoms with Gasteiger partial charge in [-0.05, 0) is 126 Å². The number of benzene rings is 2. The summed E-state index contributed by atoms with van der Waals surface area (Å²) in [6.45, 7) is 8.86. The second kappa shape index (κ2) is 16.4. The van der Waals surface area contributed by atoms with Crippen molar-refractivity contribution in [2.24, 2.45) is 18.4 Å². The van der Waals surface area contributed by atoms with Crippen LogP contribution in [0, 0.1) is 22.7 Å². The minimum absolute atomic E-state index is 0.223. The molecule has 9 rings (SSSR count). The van der Waals surface area contributed by atoms with Gasteiger partial charge in [0.25, 0.3) is 5.91 Å². The number of rotatable bonds is 9. The van der Waals surface area contributed by atoms with E-state index in [1.807, 2.05) is 24.3 Å². The number of nitrogens with zero attached hydrogens (tertiary/aromatic N) is 8. The van der Waals surface area contributed by atoms with E-state index in [1.54, 1.807) is 49.4 Å². The predicted octanol–water partition coefficient (Wildman–Crippen LogP) is 6.24. The summed E-state index contributed by atoms with van der Waals surface area (Å²) in [5.74, 6) is 0.167. The van der Waals surface area contributed by atoms with Crippen LogP contribution in [0.2, 0.25) is 0 Å². The minimum Gasteiger partial charge on any atom is -0.494 e. The van der Waals surface area contributed by atoms with Crippen LogP contribution in [0.4, 0.5) is 11.4 Å². The number of imide groups is 1. The van der Waals surface area contributed by atoms with Gasteiger partial charge in [0.05, 0.1) is 58.1 Å². The van der Waals surface area contributed by atoms with Crippen molar-refractivity contribution < 1.29 is 19.1 Å². The van der Waals surface area contributed by atoms with Crippen molar-refractivity contribution >= 4 is 51.0 Å². The standard InChI is InChI=1S/C47H56N10O5/c1-46(2,29-48)33-22-31(25-49-26-33)43(59)50-36-23-32-28-56(52-35(32)24-40(36)62-4)34-10-8-30(9-11-34)27-54-18-14-47(15-19-54)16-20-55(21-17-47)37-6-5-7-38-42(37)53(3)45(61)57(38)39-12-13-41(58)51-44(39)60/h5-7,22-26,28,30,34,39H,8-21,27H2,1-4H3,(H,50,59)(H,51,58,60). The number of aromatic nitrogens is 5. The number of imidazole rings is 1. The first-order valence-corrected chi connectivity index (χ1v) is 22.1. The molecule has 3 saturated heterocycles. The van der Waals surface area contributed by atoms with Gasteiger partial charge in [-0.3, -0.25) is 38.5 Å². The van der Waals surface area contributed by atoms with Crippen molar-refractivity contribution in [2.45, 2.75) is 95.6 Å². The summed E-state index contributed by atoms with van der Waals surface area (Å²) in [6, 6.07) is 13.4. The maximum atomic E-state index is 13.5. The Kier molecular flexibility index (Phi) is 10.9. The fraction of sp³-hybridized carbons (Fsp3) is 0.511. The fourth-order valence-electron chi connectivity index (χ4n) is 10.5. The zero-order chi connectivity index (χ0) is 43.3. The summed E-state index contributed by atoms with van der Waals surface area (Å²) < 4.78 is 11.0. The van der Waals surface area contributed by atoms with E-state index in [4.69, 9.17) is 9.84 Å². The van der Waals surface area contributed by atoms with Crippen LogP contribution in [-0.4, -0.2) is 86.4 Å². The number of likely N-dealkylation sites (tertiary alicyclic amines) is 1. The minimum atomic E-state index is -0.769. The van der Waals surface area contributed by atoms with Crippen LogP contribution in [0.15, 0.2) is 59.8 Å². The Morgan fingerprint density at radius 3 is 2.45 bits per heavy atom. The molecule has 1 aliphatic carbocycles. The number of hydrogen-bond acceptors (Lipinski definition) is 10. The van der Waals surface area contributed by atoms with Crippen molar-refractivity contribution in [1.29, 1.82) is 5.26 Å². The molecule has 1 saturated carbocycles. The van der Waals surface area contributed by atoms with Gasteiger partial charge in [0.1, 0.15) is 11.8 Å². The number of ether oxygens (including phenoxy) is 1. The average Bonchev–Trinajstić information content (AvgIpc) is 3.81. The molecule has 5 aromatic rings. The summed E-state index contributed by atoms with van der Waals surface area (Å²) in [6.07, 6.45) is 14.9. The number of amides is 3. The molecule has 2 aromatic carbocycles. The molecule has 0 radical (unpaired) electrons. The van der Waals surface area contributed by atoms with Crippen LogP contribution < -0.4 is 26.0 Å². The average molecular weight is 841 g/mol. The number of piperidine rings is 3. The molecule has 1 atom stereocenters. The normalized spacial score (nSPS) is 22.2. The Balaban J connectivity index is 0.776. The number of nitriles is 1. The summed E-state index contributed by atoms with van der Waals surface area (Å²) in [5.41, 5.74) is 4.38. The Morgan fingerprint density at radius 1 is 1.00 bits per heavy atom. The van der Waals surface area contributed by atoms with Crippen LogP contribution in [-0.2, 0) is 22.1 Å². The second-order valence-corrected chi connectivity index (χ2v) is 18.7. The van der Waals surface area contributed by atoms with E-state index in [2.05, 4.69) is 48.4 Å². The number of aryl methyl sites for hydroxylation is 1. The van der Waals surface area contributed by atoms with Gasteiger partial charge in [-0.15, -0.1) is 0 Å². The lowest BCUT2D eigenvalue weighted by molar-refractivity contribution is -0.135. The molecule has 3 amide bonds. The number of pyridine rings is 1. The Labute approximate surface area is 361 Å². The summed E-state index contributed by atoms with van der Waals surface area (Å²) in [5, 5.41) is 20.9. The smallest absolute Gasteiger partial charge is 0.329 e. The Hall–Kier alpha value is -6.01. The van der Waals surface area contributed by atoms with Crippen molar-refractivity contribution in [1.82, 2.24) is 34.1 Å². The molecular weight excluding hydrogens is 785 g/mol. The highest BCUT2D eigenvalue weighted by atomic mass is 16.5. The maximum Gasteiger partial charge on any atom is 0.329 e. The SMILES string of the molecule is COc1cc2nn(C3CCC(CN4CCC5(CC4)CCN(c4cccc6c4n(C)c(=O)n6C4CCC(=O)NC4=O)CC5)CC3)cc2cc1NC(=O)c1cncc(C(C)(C)C#N)c1. The first-order chi connectivity index (χ1) is 29.8. The summed E-state index contributed by atoms with van der Waals surface area (Å²) in [7, 11) is 3.36. The molecule has 62 heavy (non-hydrogen) atoms. The lowest BCUT2D eigenvalue weighted by atomic mass is 9.71. The van der Waals surface area contributed by atoms with Crippen LogP contribution in [0.3, 0.4) is 0 Å². The lowest BCUT2D eigenvalue weighted by Crippen LogP contribution is -2.48. The summed E-state index contributed by atoms with van der Waals surface area (Å²) >= 11 is 0. The number of hydrogen-bond donors (Lipinski definition) is 2. The molecule has 4 fully saturated rings. The molecule has 1 unspecified atom stereocenters. The third-order valence-electron chi connectivity index (χ3n) is 14.5. The van der Waals surface area contributed by atoms with Crippen molar-refractivity contribution in [3.05, 3.63) is 76.6 Å². The first-order valence-electron chi connectivity index (χ1n) is 22.1. The molecule has 1 spiro atoms. The highest BCUT2D eigenvalue weighted by Gasteiger charge is 2.39. The van der Waals surface area contributed by atoms with Gasteiger partial charge in [0, 0.05) is 63.1 Å². The van der Waals surface area contributed by atoms with Gasteiger partial charge in [0.2, 0.25) is 11.8 Å². The van der Waals surface area contributed by atoms with E-state index in [0.29, 0.717) is 46.4 Å². The molecule has 6 heterocycles. The van der Waals surface area contributed by atoms with Crippen molar-refractivity contribution in [3.8, 4) is 11.8 Å². The molecule has 3 aliphatic heterocycles. The number of carbonyl (C=O) groups is 3. The van der Waals surface area contributed by atoms with Crippen molar-refractivity contribution in [3.63, 3.8) is 0 Å². The molecule has 324 valence electrons. The molecule has 15 nitrogen and oxygen atoms in total. The largest absolute Gasteiger partial charge is 0.494 e. The van der Waals surface area contributed by atoms with Gasteiger partial charge >= 0.3 is 5.69 Å². The summed E-state index contributed by atoms with van der Waals surface area (Å²) in [4.78, 5) is 60.8. The van der Waals surface area contributed by atoms with E-state index in [0.717, 1.165) is 98.9 Å². The fourth-order valence-corrected chi connectivity index (χ4v) is 10.5. The second-order valence-electron chi connectivity index (χ2n) is 18.7. The quantitative estimate of drug-likeness (QED) is 0.162. The molecule has 2 N–H and O–H groups in total. The third-order valence-corrected chi connectivity index (χ3v) is 14.5. The zero-order valence-corrected chi connectivity index (χ0v) is 36.2. The van der Waals surface area contributed by atoms with Crippen LogP contribution in [0.5, 0.6) is 5.75 Å². The van der Waals surface area contributed by atoms with Gasteiger partial charge in [-0.2, -0.15) is 10.4 Å². The number of methoxy groups -OCH3 is 1. The topological polar surface area (TPSA) is 172 Å². The van der Waals surface area contributed by atoms with Crippen LogP contribution in [0.1, 0.15) is 106 Å². The van der Waals surface area contributed by atoms with Crippen LogP contribution in [0.25, 0.3) is 21.9 Å². The Morgan fingerprint density at radius 2 is 1.74 bits per heavy atom. The van der Waals surface area contributed by atoms with Gasteiger partial charge in [0.15, 0.2) is 0 Å². The highest BCUT2D eigenvalue weighted by Crippen LogP contribution is 2.44. The predicted molar refractivity (Wildman–Crippen MR) is 236 cm³/mol. The van der Waals surface area contributed by atoms with Gasteiger partial charge < -0.3 is 19.9 Å². The number of fused-ring (bicyclic) bond motifs is 2. The highest BCUT2D eigenvalue weighted by molar-refractivity contribution is 6.06. The molecule has 3 aromatic heterocycles. The van der Waals surface area contributed by atoms with E-state index < -0.39 is 17.4 Å². The molecule has 15 heteroatoms. The maximum absolute atomic E-state index is 13.5. The number of carbonyl (C=O) groups excluding carboxylic acids is 3. The lowest BCUT2D eigenvalue weighted by Gasteiger charge is -2.48. The molecular formula is C47H56N10O5. The van der Waals surface area contributed by atoms with E-state index >= 15 is 0 Å². The van der Waals surface area contributed by atoms with Crippen molar-refractivity contribution in [2.75, 3.05) is 50.1 Å². The van der Waals surface area contributed by atoms with Crippen LogP contribution >= 0.6 is 0 Å². The third kappa shape index (κ3) is 7.74. The first kappa shape index (κ1) is 41.3.